The van der Waals surface area contributed by atoms with Gasteiger partial charge in [0.05, 0.1) is 12.1 Å². The molecule has 1 atom stereocenters. The molecular weight excluding hydrogens is 349 g/mol. The van der Waals surface area contributed by atoms with Crippen LogP contribution in [0.25, 0.3) is 0 Å². The van der Waals surface area contributed by atoms with Gasteiger partial charge in [0, 0.05) is 9.13 Å². The van der Waals surface area contributed by atoms with Gasteiger partial charge in [-0.1, -0.05) is 36.4 Å². The highest BCUT2D eigenvalue weighted by Gasteiger charge is 2.16. The van der Waals surface area contributed by atoms with E-state index in [0.29, 0.717) is 0 Å². The van der Waals surface area contributed by atoms with Gasteiger partial charge in [0.1, 0.15) is 5.75 Å². The van der Waals surface area contributed by atoms with Crippen molar-refractivity contribution in [3.63, 3.8) is 0 Å². The lowest BCUT2D eigenvalue weighted by atomic mass is 9.99. The quantitative estimate of drug-likeness (QED) is 0.825. The lowest BCUT2D eigenvalue weighted by molar-refractivity contribution is 0.239. The van der Waals surface area contributed by atoms with Gasteiger partial charge in [-0.05, 0) is 54.1 Å². The minimum Gasteiger partial charge on any atom is -0.491 e. The molecule has 2 N–H and O–H groups in total. The minimum atomic E-state index is -0.164. The van der Waals surface area contributed by atoms with E-state index in [1.165, 1.54) is 3.57 Å². The van der Waals surface area contributed by atoms with E-state index in [-0.39, 0.29) is 12.1 Å². The molecule has 0 heterocycles. The Morgan fingerprint density at radius 3 is 2.16 bits per heavy atom. The second-order valence-corrected chi connectivity index (χ2v) is 5.87. The monoisotopic (exact) mass is 367 g/mol. The second-order valence-electron chi connectivity index (χ2n) is 4.70. The molecule has 3 heteroatoms. The largest absolute Gasteiger partial charge is 0.491 e. The van der Waals surface area contributed by atoms with Crippen molar-refractivity contribution in [1.82, 2.24) is 0 Å². The van der Waals surface area contributed by atoms with Gasteiger partial charge < -0.3 is 10.5 Å². The number of rotatable bonds is 4. The molecule has 2 aromatic rings. The molecule has 2 nitrogen and oxygen atoms in total. The summed E-state index contributed by atoms with van der Waals surface area (Å²) in [5.74, 6) is 0.865. The molecule has 0 aromatic heterocycles. The Morgan fingerprint density at radius 1 is 0.947 bits per heavy atom. The first-order chi connectivity index (χ1) is 9.09. The standard InChI is InChI=1S/C16H18INO/c1-11(2)19-15-10-6-4-8-13(15)16(18)12-7-3-5-9-14(12)17/h3-11,16H,18H2,1-2H3. The van der Waals surface area contributed by atoms with Crippen LogP contribution in [0.1, 0.15) is 31.0 Å². The number of benzene rings is 2. The molecule has 2 aromatic carbocycles. The molecule has 100 valence electrons. The zero-order chi connectivity index (χ0) is 13.8. The predicted molar refractivity (Wildman–Crippen MR) is 87.4 cm³/mol. The molecule has 0 saturated carbocycles. The van der Waals surface area contributed by atoms with Crippen LogP contribution in [0.3, 0.4) is 0 Å². The van der Waals surface area contributed by atoms with E-state index in [1.807, 2.05) is 50.2 Å². The Balaban J connectivity index is 2.39. The third kappa shape index (κ3) is 3.48. The molecule has 0 radical (unpaired) electrons. The molecular formula is C16H18INO. The van der Waals surface area contributed by atoms with E-state index >= 15 is 0 Å². The summed E-state index contributed by atoms with van der Waals surface area (Å²) >= 11 is 2.32. The van der Waals surface area contributed by atoms with Gasteiger partial charge in [0.2, 0.25) is 0 Å². The van der Waals surface area contributed by atoms with Crippen molar-refractivity contribution in [2.75, 3.05) is 0 Å². The third-order valence-corrected chi connectivity index (χ3v) is 3.84. The summed E-state index contributed by atoms with van der Waals surface area (Å²) in [6.45, 7) is 4.04. The van der Waals surface area contributed by atoms with Gasteiger partial charge in [0.15, 0.2) is 0 Å². The molecule has 19 heavy (non-hydrogen) atoms. The van der Waals surface area contributed by atoms with Crippen LogP contribution in [-0.2, 0) is 0 Å². The average Bonchev–Trinajstić information content (AvgIpc) is 2.38. The molecule has 0 aliphatic rings. The summed E-state index contributed by atoms with van der Waals surface area (Å²) in [6.07, 6.45) is 0.142. The molecule has 0 saturated heterocycles. The Bertz CT molecular complexity index is 554. The zero-order valence-corrected chi connectivity index (χ0v) is 13.3. The Labute approximate surface area is 128 Å². The van der Waals surface area contributed by atoms with Gasteiger partial charge in [-0.15, -0.1) is 0 Å². The third-order valence-electron chi connectivity index (χ3n) is 2.86. The fourth-order valence-corrected chi connectivity index (χ4v) is 2.72. The first-order valence-corrected chi connectivity index (χ1v) is 7.43. The Kier molecular flexibility index (Phi) is 4.82. The highest BCUT2D eigenvalue weighted by molar-refractivity contribution is 14.1. The summed E-state index contributed by atoms with van der Waals surface area (Å²) in [7, 11) is 0. The van der Waals surface area contributed by atoms with E-state index < -0.39 is 0 Å². The van der Waals surface area contributed by atoms with Crippen molar-refractivity contribution in [2.45, 2.75) is 26.0 Å². The normalized spacial score (nSPS) is 12.5. The smallest absolute Gasteiger partial charge is 0.124 e. The molecule has 0 fully saturated rings. The number of halogens is 1. The number of nitrogens with two attached hydrogens (primary N) is 1. The van der Waals surface area contributed by atoms with E-state index in [1.54, 1.807) is 0 Å². The first-order valence-electron chi connectivity index (χ1n) is 6.35. The molecule has 0 aliphatic carbocycles. The number of ether oxygens (including phenoxy) is 1. The highest BCUT2D eigenvalue weighted by Crippen LogP contribution is 2.30. The summed E-state index contributed by atoms with van der Waals surface area (Å²) in [4.78, 5) is 0. The minimum absolute atomic E-state index is 0.142. The van der Waals surface area contributed by atoms with Crippen molar-refractivity contribution < 1.29 is 4.74 Å². The number of hydrogen-bond acceptors (Lipinski definition) is 2. The first kappa shape index (κ1) is 14.3. The van der Waals surface area contributed by atoms with Gasteiger partial charge in [0.25, 0.3) is 0 Å². The Hall–Kier alpha value is -1.07. The summed E-state index contributed by atoms with van der Waals surface area (Å²) < 4.78 is 7.02. The fraction of sp³-hybridized carbons (Fsp3) is 0.250. The van der Waals surface area contributed by atoms with Crippen LogP contribution in [-0.4, -0.2) is 6.10 Å². The fourth-order valence-electron chi connectivity index (χ4n) is 1.99. The topological polar surface area (TPSA) is 35.2 Å². The summed E-state index contributed by atoms with van der Waals surface area (Å²) in [5, 5.41) is 0. The molecule has 0 spiro atoms. The second kappa shape index (κ2) is 6.39. The average molecular weight is 367 g/mol. The van der Waals surface area contributed by atoms with Crippen molar-refractivity contribution >= 4 is 22.6 Å². The zero-order valence-electron chi connectivity index (χ0n) is 11.1. The van der Waals surface area contributed by atoms with Crippen molar-refractivity contribution in [3.8, 4) is 5.75 Å². The maximum atomic E-state index is 6.41. The van der Waals surface area contributed by atoms with Crippen molar-refractivity contribution in [3.05, 3.63) is 63.2 Å². The summed E-state index contributed by atoms with van der Waals surface area (Å²) in [5.41, 5.74) is 8.56. The van der Waals surface area contributed by atoms with Crippen LogP contribution < -0.4 is 10.5 Å². The van der Waals surface area contributed by atoms with Crippen LogP contribution in [0.15, 0.2) is 48.5 Å². The van der Waals surface area contributed by atoms with E-state index in [4.69, 9.17) is 10.5 Å². The molecule has 0 amide bonds. The summed E-state index contributed by atoms with van der Waals surface area (Å²) in [6, 6.07) is 16.0. The van der Waals surface area contributed by atoms with Crippen LogP contribution >= 0.6 is 22.6 Å². The van der Waals surface area contributed by atoms with Crippen molar-refractivity contribution in [1.29, 1.82) is 0 Å². The number of hydrogen-bond donors (Lipinski definition) is 1. The van der Waals surface area contributed by atoms with Gasteiger partial charge in [-0.25, -0.2) is 0 Å². The van der Waals surface area contributed by atoms with Crippen LogP contribution in [0, 0.1) is 3.57 Å². The SMILES string of the molecule is CC(C)Oc1ccccc1C(N)c1ccccc1I. The lowest BCUT2D eigenvalue weighted by Crippen LogP contribution is -2.16. The van der Waals surface area contributed by atoms with Crippen LogP contribution in [0.2, 0.25) is 0 Å². The lowest BCUT2D eigenvalue weighted by Gasteiger charge is -2.19. The van der Waals surface area contributed by atoms with E-state index in [9.17, 15) is 0 Å². The Morgan fingerprint density at radius 2 is 1.53 bits per heavy atom. The highest BCUT2D eigenvalue weighted by atomic mass is 127. The predicted octanol–water partition coefficient (Wildman–Crippen LogP) is 4.13. The van der Waals surface area contributed by atoms with Gasteiger partial charge in [-0.2, -0.15) is 0 Å². The maximum absolute atomic E-state index is 6.41. The van der Waals surface area contributed by atoms with E-state index in [0.717, 1.165) is 16.9 Å². The maximum Gasteiger partial charge on any atom is 0.124 e. The van der Waals surface area contributed by atoms with Crippen molar-refractivity contribution in [2.24, 2.45) is 5.73 Å². The van der Waals surface area contributed by atoms with Gasteiger partial charge in [-0.3, -0.25) is 0 Å². The van der Waals surface area contributed by atoms with E-state index in [2.05, 4.69) is 34.7 Å². The molecule has 0 bridgehead atoms. The molecule has 1 unspecified atom stereocenters. The molecule has 2 rings (SSSR count). The molecule has 0 aliphatic heterocycles. The van der Waals surface area contributed by atoms with Gasteiger partial charge >= 0.3 is 0 Å². The van der Waals surface area contributed by atoms with Crippen LogP contribution in [0.4, 0.5) is 0 Å². The number of para-hydroxylation sites is 1. The van der Waals surface area contributed by atoms with Crippen LogP contribution in [0.5, 0.6) is 5.75 Å².